The maximum absolute atomic E-state index is 13.1. The molecule has 0 bridgehead atoms. The zero-order valence-electron chi connectivity index (χ0n) is 8.54. The van der Waals surface area contributed by atoms with Crippen LogP contribution in [-0.4, -0.2) is 9.79 Å². The molecule has 0 aliphatic carbocycles. The fourth-order valence-electron chi connectivity index (χ4n) is 1.27. The molecule has 0 saturated carbocycles. The number of hydrogen-bond acceptors (Lipinski definition) is 1. The van der Waals surface area contributed by atoms with Crippen LogP contribution < -0.4 is 5.30 Å². The molecule has 0 heterocycles. The van der Waals surface area contributed by atoms with Crippen molar-refractivity contribution in [1.29, 1.82) is 0 Å². The Morgan fingerprint density at radius 3 is 2.06 bits per heavy atom. The third kappa shape index (κ3) is 2.88. The molecular weight excluding hydrogens is 305 g/mol. The largest absolute Gasteiger partial charge is 0.356 e. The molecule has 0 unspecified atom stereocenters. The molecule has 7 heteroatoms. The molecule has 1 rings (SSSR count). The molecule has 0 radical (unpaired) electrons. The number of benzene rings is 1. The van der Waals surface area contributed by atoms with Crippen molar-refractivity contribution < 1.29 is 23.1 Å². The van der Waals surface area contributed by atoms with Crippen LogP contribution in [0.2, 0.25) is 0 Å². The molecule has 0 spiro atoms. The predicted molar refractivity (Wildman–Crippen MR) is 60.4 cm³/mol. The average Bonchev–Trinajstić information content (AvgIpc) is 2.05. The van der Waals surface area contributed by atoms with E-state index >= 15 is 0 Å². The van der Waals surface area contributed by atoms with Gasteiger partial charge in [-0.05, 0) is 53.0 Å². The molecule has 0 aliphatic rings. The molecule has 0 saturated heterocycles. The van der Waals surface area contributed by atoms with Crippen molar-refractivity contribution in [3.63, 3.8) is 0 Å². The van der Waals surface area contributed by atoms with E-state index in [0.29, 0.717) is 11.1 Å². The van der Waals surface area contributed by atoms with Crippen LogP contribution in [0.5, 0.6) is 0 Å². The maximum Gasteiger partial charge on any atom is 0.356 e. The number of aryl methyl sites for hydroxylation is 2. The van der Waals surface area contributed by atoms with E-state index in [0.717, 1.165) is 12.1 Å². The third-order valence-corrected chi connectivity index (χ3v) is 3.66. The minimum absolute atomic E-state index is 0.548. The van der Waals surface area contributed by atoms with Crippen LogP contribution >= 0.6 is 23.5 Å². The Hall–Kier alpha value is -0.290. The number of hydrogen-bond donors (Lipinski definition) is 2. The third-order valence-electron chi connectivity index (χ3n) is 2.23. The van der Waals surface area contributed by atoms with Gasteiger partial charge in [0.1, 0.15) is 0 Å². The number of alkyl halides is 3. The monoisotopic (exact) mass is 314 g/mol. The average molecular weight is 315 g/mol. The van der Waals surface area contributed by atoms with E-state index in [9.17, 15) is 13.3 Å². The van der Waals surface area contributed by atoms with Crippen molar-refractivity contribution in [2.45, 2.75) is 18.7 Å². The molecule has 3 nitrogen and oxygen atoms in total. The number of rotatable bonds is 2. The van der Waals surface area contributed by atoms with Crippen molar-refractivity contribution in [2.24, 2.45) is 0 Å². The van der Waals surface area contributed by atoms with Crippen LogP contribution in [0.4, 0.5) is 8.78 Å². The van der Waals surface area contributed by atoms with Crippen LogP contribution in [0.25, 0.3) is 0 Å². The van der Waals surface area contributed by atoms with E-state index in [4.69, 9.17) is 9.79 Å². The first kappa shape index (κ1) is 13.8. The Labute approximate surface area is 99.8 Å². The highest BCUT2D eigenvalue weighted by Crippen LogP contribution is 2.42. The minimum Gasteiger partial charge on any atom is -0.321 e. The van der Waals surface area contributed by atoms with Gasteiger partial charge in [0.2, 0.25) is 0 Å². The van der Waals surface area contributed by atoms with Gasteiger partial charge in [0.25, 0.3) is 0 Å². The molecule has 0 fully saturated rings. The quantitative estimate of drug-likeness (QED) is 0.651. The number of halogens is 3. The van der Waals surface area contributed by atoms with Gasteiger partial charge < -0.3 is 9.79 Å². The maximum atomic E-state index is 13.1. The highest BCUT2D eigenvalue weighted by atomic mass is 79.9. The SMILES string of the molecule is Cc1cc(C(F)(F)Br)c(P(=O)(O)O)cc1C. The molecule has 0 aliphatic heterocycles. The molecule has 1 aromatic carbocycles. The van der Waals surface area contributed by atoms with Crippen LogP contribution in [0, 0.1) is 13.8 Å². The van der Waals surface area contributed by atoms with Crippen molar-refractivity contribution in [1.82, 2.24) is 0 Å². The van der Waals surface area contributed by atoms with E-state index in [-0.39, 0.29) is 0 Å². The van der Waals surface area contributed by atoms with Crippen LogP contribution in [0.15, 0.2) is 12.1 Å². The molecular formula is C9H10BrF2O3P. The first-order chi connectivity index (χ1) is 7.03. The zero-order valence-corrected chi connectivity index (χ0v) is 11.0. The zero-order chi connectivity index (χ0) is 12.7. The van der Waals surface area contributed by atoms with E-state index < -0.39 is 23.3 Å². The standard InChI is InChI=1S/C9H10BrF2O3P/c1-5-3-7(9(10,11)12)8(4-6(5)2)16(13,14)15/h3-4H,1-2H3,(H2,13,14,15). The lowest BCUT2D eigenvalue weighted by Crippen LogP contribution is -2.19. The highest BCUT2D eigenvalue weighted by molar-refractivity contribution is 9.09. The van der Waals surface area contributed by atoms with Gasteiger partial charge >= 0.3 is 12.4 Å². The van der Waals surface area contributed by atoms with E-state index in [1.165, 1.54) is 0 Å². The van der Waals surface area contributed by atoms with Crippen LogP contribution in [0.3, 0.4) is 0 Å². The molecule has 1 aromatic rings. The summed E-state index contributed by atoms with van der Waals surface area (Å²) in [5, 5.41) is -0.641. The summed E-state index contributed by atoms with van der Waals surface area (Å²) in [4.78, 5) is 14.6. The first-order valence-electron chi connectivity index (χ1n) is 4.28. The lowest BCUT2D eigenvalue weighted by Gasteiger charge is -2.17. The summed E-state index contributed by atoms with van der Waals surface area (Å²) in [5.74, 6) is 0. The summed E-state index contributed by atoms with van der Waals surface area (Å²) < 4.78 is 37.4. The smallest absolute Gasteiger partial charge is 0.321 e. The fourth-order valence-corrected chi connectivity index (χ4v) is 2.63. The van der Waals surface area contributed by atoms with Crippen LogP contribution in [0.1, 0.15) is 16.7 Å². The summed E-state index contributed by atoms with van der Waals surface area (Å²) in [5.41, 5.74) is 0.411. The van der Waals surface area contributed by atoms with Crippen molar-refractivity contribution in [3.8, 4) is 0 Å². The van der Waals surface area contributed by atoms with Crippen molar-refractivity contribution >= 4 is 28.8 Å². The second-order valence-corrected chi connectivity index (χ2v) is 6.06. The van der Waals surface area contributed by atoms with Crippen molar-refractivity contribution in [2.75, 3.05) is 0 Å². The Balaban J connectivity index is 3.59. The van der Waals surface area contributed by atoms with Gasteiger partial charge in [0.05, 0.1) is 5.30 Å². The Morgan fingerprint density at radius 1 is 1.25 bits per heavy atom. The lowest BCUT2D eigenvalue weighted by atomic mass is 10.1. The second-order valence-electron chi connectivity index (χ2n) is 3.50. The lowest BCUT2D eigenvalue weighted by molar-refractivity contribution is 0.115. The normalized spacial score (nSPS) is 12.9. The highest BCUT2D eigenvalue weighted by Gasteiger charge is 2.36. The van der Waals surface area contributed by atoms with Gasteiger partial charge in [-0.15, -0.1) is 0 Å². The van der Waals surface area contributed by atoms with Gasteiger partial charge in [-0.1, -0.05) is 0 Å². The van der Waals surface area contributed by atoms with Crippen molar-refractivity contribution in [3.05, 3.63) is 28.8 Å². The molecule has 2 N–H and O–H groups in total. The topological polar surface area (TPSA) is 57.5 Å². The van der Waals surface area contributed by atoms with Gasteiger partial charge in [0.15, 0.2) is 0 Å². The molecule has 16 heavy (non-hydrogen) atoms. The summed E-state index contributed by atoms with van der Waals surface area (Å²) >= 11 is 2.11. The molecule has 0 aromatic heterocycles. The summed E-state index contributed by atoms with van der Waals surface area (Å²) in [6.45, 7) is 3.20. The molecule has 0 atom stereocenters. The first-order valence-corrected chi connectivity index (χ1v) is 6.68. The van der Waals surface area contributed by atoms with Gasteiger partial charge in [0, 0.05) is 5.56 Å². The Morgan fingerprint density at radius 2 is 1.69 bits per heavy atom. The van der Waals surface area contributed by atoms with Crippen LogP contribution in [-0.2, 0) is 9.40 Å². The van der Waals surface area contributed by atoms with Gasteiger partial charge in [-0.2, -0.15) is 8.78 Å². The molecule has 90 valence electrons. The fraction of sp³-hybridized carbons (Fsp3) is 0.333. The molecule has 0 amide bonds. The second kappa shape index (κ2) is 4.18. The Kier molecular flexibility index (Phi) is 3.60. The van der Waals surface area contributed by atoms with Gasteiger partial charge in [-0.3, -0.25) is 4.57 Å². The summed E-state index contributed by atoms with van der Waals surface area (Å²) in [6, 6.07) is 2.18. The van der Waals surface area contributed by atoms with E-state index in [1.807, 2.05) is 0 Å². The van der Waals surface area contributed by atoms with Gasteiger partial charge in [-0.25, -0.2) is 0 Å². The minimum atomic E-state index is -4.71. The predicted octanol–water partition coefficient (Wildman–Crippen LogP) is 2.55. The summed E-state index contributed by atoms with van der Waals surface area (Å²) in [7, 11) is -4.71. The summed E-state index contributed by atoms with van der Waals surface area (Å²) in [6.07, 6.45) is 0. The van der Waals surface area contributed by atoms with E-state index in [1.54, 1.807) is 13.8 Å². The Bertz CT molecular complexity index is 465. The van der Waals surface area contributed by atoms with E-state index in [2.05, 4.69) is 15.9 Å².